The molecule has 10 heteroatoms. The third-order valence-electron chi connectivity index (χ3n) is 13.0. The number of rotatable bonds is 30. The van der Waals surface area contributed by atoms with Gasteiger partial charge in [-0.25, -0.2) is 4.79 Å². The van der Waals surface area contributed by atoms with Gasteiger partial charge in [-0.2, -0.15) is 0 Å². The van der Waals surface area contributed by atoms with Crippen LogP contribution in [0.5, 0.6) is 0 Å². The molecule has 4 aromatic rings. The molecule has 4 aromatic carbocycles. The Morgan fingerprint density at radius 3 is 1.54 bits per heavy atom. The van der Waals surface area contributed by atoms with Crippen molar-refractivity contribution in [1.82, 2.24) is 5.32 Å². The molecule has 8 atom stereocenters. The molecule has 2 heterocycles. The fraction of sp³-hybridized carbons (Fsp3) is 0.557. The topological polar surface area (TPSA) is 103 Å². The maximum absolute atomic E-state index is 13.8. The monoisotopic (exact) mass is 976 g/mol. The van der Waals surface area contributed by atoms with Gasteiger partial charge in [0.05, 0.1) is 45.2 Å². The van der Waals surface area contributed by atoms with Gasteiger partial charge in [0, 0.05) is 0 Å². The second kappa shape index (κ2) is 30.0. The van der Waals surface area contributed by atoms with Crippen molar-refractivity contribution in [2.45, 2.75) is 212 Å². The lowest BCUT2D eigenvalue weighted by Gasteiger charge is -2.45. The highest BCUT2D eigenvalue weighted by atomic mass is 16.8. The SMILES string of the molecule is CCCCCCCCCCCCCC[C@@H]1OC(C)(C)O[C@H]1[C@H](C=C[C@H]1OC(COCc2ccccc2)[C@H](OCc2ccccc2)[C@@H](OCc2ccccc2)C1OCc1ccccc1)NC(=O)OC(C)(C)C. The number of carbonyl (C=O) groups excluding carboxylic acids is 1. The lowest BCUT2D eigenvalue weighted by molar-refractivity contribution is -0.263. The highest BCUT2D eigenvalue weighted by Crippen LogP contribution is 2.35. The molecule has 2 aliphatic heterocycles. The number of unbranched alkanes of at least 4 members (excludes halogenated alkanes) is 11. The summed E-state index contributed by atoms with van der Waals surface area (Å²) in [5.41, 5.74) is 3.40. The third-order valence-corrected chi connectivity index (χ3v) is 13.0. The second-order valence-corrected chi connectivity index (χ2v) is 20.8. The van der Waals surface area contributed by atoms with E-state index in [0.717, 1.165) is 41.5 Å². The maximum Gasteiger partial charge on any atom is 0.408 e. The minimum absolute atomic E-state index is 0.226. The molecule has 0 aliphatic carbocycles. The van der Waals surface area contributed by atoms with Crippen LogP contribution < -0.4 is 5.32 Å². The summed E-state index contributed by atoms with van der Waals surface area (Å²) in [7, 11) is 0. The Bertz CT molecular complexity index is 2060. The highest BCUT2D eigenvalue weighted by Gasteiger charge is 2.49. The molecule has 0 bridgehead atoms. The van der Waals surface area contributed by atoms with E-state index >= 15 is 0 Å². The quantitative estimate of drug-likeness (QED) is 0.0404. The Morgan fingerprint density at radius 2 is 1.04 bits per heavy atom. The lowest BCUT2D eigenvalue weighted by Crippen LogP contribution is -2.60. The highest BCUT2D eigenvalue weighted by molar-refractivity contribution is 5.68. The van der Waals surface area contributed by atoms with Crippen LogP contribution in [0.2, 0.25) is 0 Å². The molecule has 0 spiro atoms. The van der Waals surface area contributed by atoms with Crippen molar-refractivity contribution >= 4 is 6.09 Å². The van der Waals surface area contributed by atoms with E-state index < -0.39 is 60.1 Å². The smallest absolute Gasteiger partial charge is 0.408 e. The summed E-state index contributed by atoms with van der Waals surface area (Å²) in [5.74, 6) is -0.863. The van der Waals surface area contributed by atoms with E-state index in [1.54, 1.807) is 0 Å². The lowest BCUT2D eigenvalue weighted by atomic mass is 9.92. The first-order valence-electron chi connectivity index (χ1n) is 26.7. The van der Waals surface area contributed by atoms with Crippen molar-refractivity contribution in [2.75, 3.05) is 6.61 Å². The van der Waals surface area contributed by atoms with E-state index in [-0.39, 0.29) is 12.7 Å². The molecule has 2 saturated heterocycles. The van der Waals surface area contributed by atoms with Crippen LogP contribution in [0, 0.1) is 0 Å². The van der Waals surface area contributed by atoms with Crippen LogP contribution in [0.4, 0.5) is 4.79 Å². The van der Waals surface area contributed by atoms with Gasteiger partial charge in [-0.15, -0.1) is 0 Å². The Morgan fingerprint density at radius 1 is 0.592 bits per heavy atom. The summed E-state index contributed by atoms with van der Waals surface area (Å²) in [6.45, 7) is 13.3. The van der Waals surface area contributed by atoms with Crippen molar-refractivity contribution < 1.29 is 42.7 Å². The molecule has 388 valence electrons. The van der Waals surface area contributed by atoms with Gasteiger partial charge in [0.15, 0.2) is 5.79 Å². The van der Waals surface area contributed by atoms with Gasteiger partial charge in [-0.3, -0.25) is 0 Å². The second-order valence-electron chi connectivity index (χ2n) is 20.8. The number of nitrogens with one attached hydrogen (secondary N) is 1. The molecule has 2 fully saturated rings. The van der Waals surface area contributed by atoms with Crippen LogP contribution in [0.3, 0.4) is 0 Å². The predicted octanol–water partition coefficient (Wildman–Crippen LogP) is 13.8. The number of amides is 1. The molecule has 0 radical (unpaired) electrons. The molecular formula is C61H85NO9. The van der Waals surface area contributed by atoms with Crippen molar-refractivity contribution in [1.29, 1.82) is 0 Å². The van der Waals surface area contributed by atoms with Crippen LogP contribution in [0.15, 0.2) is 133 Å². The van der Waals surface area contributed by atoms with Gasteiger partial charge in [0.2, 0.25) is 0 Å². The number of carbonyl (C=O) groups is 1. The summed E-state index contributed by atoms with van der Waals surface area (Å²) >= 11 is 0. The van der Waals surface area contributed by atoms with E-state index in [2.05, 4.69) is 60.8 Å². The Kier molecular flexibility index (Phi) is 23.6. The largest absolute Gasteiger partial charge is 0.444 e. The number of hydrogen-bond donors (Lipinski definition) is 1. The number of ether oxygens (including phenoxy) is 8. The summed E-state index contributed by atoms with van der Waals surface area (Å²) in [5, 5.41) is 3.18. The number of alkyl carbamates (subject to hydrolysis) is 1. The van der Waals surface area contributed by atoms with Crippen molar-refractivity contribution in [3.8, 4) is 0 Å². The van der Waals surface area contributed by atoms with Gasteiger partial charge in [0.25, 0.3) is 0 Å². The minimum Gasteiger partial charge on any atom is -0.444 e. The van der Waals surface area contributed by atoms with Crippen molar-refractivity contribution in [2.24, 2.45) is 0 Å². The van der Waals surface area contributed by atoms with Gasteiger partial charge >= 0.3 is 6.09 Å². The first-order chi connectivity index (χ1) is 34.5. The first-order valence-corrected chi connectivity index (χ1v) is 26.7. The molecule has 71 heavy (non-hydrogen) atoms. The number of benzene rings is 4. The zero-order valence-electron chi connectivity index (χ0n) is 43.7. The van der Waals surface area contributed by atoms with E-state index in [0.29, 0.717) is 26.4 Å². The summed E-state index contributed by atoms with van der Waals surface area (Å²) in [6.07, 6.45) is 15.6. The summed E-state index contributed by atoms with van der Waals surface area (Å²) in [4.78, 5) is 13.8. The maximum atomic E-state index is 13.8. The van der Waals surface area contributed by atoms with Crippen LogP contribution in [-0.4, -0.2) is 72.9 Å². The molecule has 6 rings (SSSR count). The molecule has 10 nitrogen and oxygen atoms in total. The molecule has 1 amide bonds. The normalized spacial score (nSPS) is 22.6. The van der Waals surface area contributed by atoms with E-state index in [4.69, 9.17) is 37.9 Å². The third kappa shape index (κ3) is 20.2. The fourth-order valence-electron chi connectivity index (χ4n) is 9.47. The van der Waals surface area contributed by atoms with Crippen molar-refractivity contribution in [3.63, 3.8) is 0 Å². The Balaban J connectivity index is 1.28. The standard InChI is InChI=1S/C61H85NO9/c1-7-8-9-10-11-12-13-14-15-16-17-30-39-53-55(70-61(5,6)69-53)51(62-59(63)71-60(2,3)4)40-41-52-56(65-43-48-33-24-19-25-34-48)58(67-45-50-37-28-21-29-38-50)57(66-44-49-35-26-20-27-36-49)54(68-52)46-64-42-47-31-22-18-23-32-47/h18-29,31-38,40-41,51-58H,7-17,30,39,42-46H2,1-6H3,(H,62,63)/t51-,52+,53-,54?,55-,56?,57-,58-/m0/s1. The molecule has 2 unspecified atom stereocenters. The van der Waals surface area contributed by atoms with Gasteiger partial charge in [-0.05, 0) is 63.3 Å². The average molecular weight is 976 g/mol. The summed E-state index contributed by atoms with van der Waals surface area (Å²) < 4.78 is 53.8. The van der Waals surface area contributed by atoms with Crippen LogP contribution in [0.25, 0.3) is 0 Å². The zero-order valence-corrected chi connectivity index (χ0v) is 43.7. The molecule has 0 aromatic heterocycles. The van der Waals surface area contributed by atoms with E-state index in [1.807, 2.05) is 120 Å². The Hall–Kier alpha value is -4.39. The van der Waals surface area contributed by atoms with Crippen LogP contribution in [-0.2, 0) is 64.3 Å². The van der Waals surface area contributed by atoms with E-state index in [1.165, 1.54) is 64.2 Å². The van der Waals surface area contributed by atoms with E-state index in [9.17, 15) is 4.79 Å². The predicted molar refractivity (Wildman–Crippen MR) is 282 cm³/mol. The molecule has 2 aliphatic rings. The first kappa shape index (κ1) is 55.9. The van der Waals surface area contributed by atoms with Crippen LogP contribution in [0.1, 0.15) is 147 Å². The van der Waals surface area contributed by atoms with Crippen LogP contribution >= 0.6 is 0 Å². The average Bonchev–Trinajstić information content (AvgIpc) is 3.68. The Labute approximate surface area is 426 Å². The van der Waals surface area contributed by atoms with Gasteiger partial charge < -0.3 is 43.2 Å². The minimum atomic E-state index is -0.863. The molecule has 1 N–H and O–H groups in total. The van der Waals surface area contributed by atoms with Gasteiger partial charge in [0.1, 0.15) is 42.2 Å². The fourth-order valence-corrected chi connectivity index (χ4v) is 9.47. The zero-order chi connectivity index (χ0) is 50.2. The summed E-state index contributed by atoms with van der Waals surface area (Å²) in [6, 6.07) is 39.9. The molecule has 0 saturated carbocycles. The van der Waals surface area contributed by atoms with Crippen molar-refractivity contribution in [3.05, 3.63) is 156 Å². The van der Waals surface area contributed by atoms with Gasteiger partial charge in [-0.1, -0.05) is 217 Å². The number of hydrogen-bond acceptors (Lipinski definition) is 9. The molecular weight excluding hydrogens is 891 g/mol.